The Balaban J connectivity index is 1.85. The number of ether oxygens (including phenoxy) is 1. The number of methoxy groups -OCH3 is 1. The zero-order valence-electron chi connectivity index (χ0n) is 13.0. The number of rotatable bonds is 6. The first-order valence-electron chi connectivity index (χ1n) is 7.19. The maximum Gasteiger partial charge on any atom is 0.205 e. The highest BCUT2D eigenvalue weighted by molar-refractivity contribution is 7.98. The summed E-state index contributed by atoms with van der Waals surface area (Å²) in [5.41, 5.74) is 3.08. The molecule has 1 aromatic carbocycles. The van der Waals surface area contributed by atoms with Crippen LogP contribution in [0, 0.1) is 13.8 Å². The van der Waals surface area contributed by atoms with Crippen LogP contribution in [0.2, 0.25) is 0 Å². The number of hydrogen-bond donors (Lipinski definition) is 0. The molecule has 0 aliphatic carbocycles. The number of fused-ring (bicyclic) bond motifs is 1. The number of imidazole rings is 1. The van der Waals surface area contributed by atoms with Crippen molar-refractivity contribution in [2.75, 3.05) is 13.7 Å². The molecule has 0 aliphatic heterocycles. The molecular weight excluding hydrogens is 298 g/mol. The topological polar surface area (TPSA) is 53.1 Å². The zero-order valence-corrected chi connectivity index (χ0v) is 13.8. The molecule has 6 heteroatoms. The Labute approximate surface area is 133 Å². The molecule has 2 heterocycles. The molecule has 116 valence electrons. The van der Waals surface area contributed by atoms with Crippen LogP contribution in [0.4, 0.5) is 0 Å². The first-order valence-corrected chi connectivity index (χ1v) is 8.17. The van der Waals surface area contributed by atoms with Gasteiger partial charge >= 0.3 is 0 Å². The second kappa shape index (κ2) is 6.54. The summed E-state index contributed by atoms with van der Waals surface area (Å²) in [4.78, 5) is 9.13. The van der Waals surface area contributed by atoms with Crippen molar-refractivity contribution in [3.8, 4) is 0 Å². The van der Waals surface area contributed by atoms with E-state index in [-0.39, 0.29) is 0 Å². The lowest BCUT2D eigenvalue weighted by molar-refractivity contribution is 0.186. The molecular formula is C16H19N3O2S. The van der Waals surface area contributed by atoms with Gasteiger partial charge in [0.25, 0.3) is 0 Å². The Morgan fingerprint density at radius 3 is 2.77 bits per heavy atom. The second-order valence-electron chi connectivity index (χ2n) is 5.07. The van der Waals surface area contributed by atoms with E-state index in [0.29, 0.717) is 12.4 Å². The van der Waals surface area contributed by atoms with Crippen molar-refractivity contribution in [1.82, 2.24) is 14.5 Å². The van der Waals surface area contributed by atoms with E-state index in [1.807, 2.05) is 32.0 Å². The van der Waals surface area contributed by atoms with Gasteiger partial charge in [0.2, 0.25) is 5.89 Å². The molecule has 0 bridgehead atoms. The Kier molecular flexibility index (Phi) is 4.49. The zero-order chi connectivity index (χ0) is 15.5. The number of oxazole rings is 1. The number of hydrogen-bond acceptors (Lipinski definition) is 5. The molecule has 0 radical (unpaired) electrons. The highest BCUT2D eigenvalue weighted by Gasteiger charge is 2.13. The summed E-state index contributed by atoms with van der Waals surface area (Å²) in [7, 11) is 1.71. The molecule has 0 N–H and O–H groups in total. The van der Waals surface area contributed by atoms with Crippen molar-refractivity contribution in [2.45, 2.75) is 31.3 Å². The van der Waals surface area contributed by atoms with Crippen molar-refractivity contribution < 1.29 is 9.15 Å². The maximum absolute atomic E-state index is 5.64. The van der Waals surface area contributed by atoms with E-state index in [1.54, 1.807) is 18.9 Å². The summed E-state index contributed by atoms with van der Waals surface area (Å²) >= 11 is 1.64. The highest BCUT2D eigenvalue weighted by atomic mass is 32.2. The molecule has 0 saturated carbocycles. The molecule has 0 saturated heterocycles. The van der Waals surface area contributed by atoms with Crippen molar-refractivity contribution >= 4 is 22.8 Å². The molecule has 0 unspecified atom stereocenters. The van der Waals surface area contributed by atoms with E-state index in [2.05, 4.69) is 15.6 Å². The van der Waals surface area contributed by atoms with Crippen LogP contribution in [0.25, 0.3) is 11.0 Å². The molecule has 0 amide bonds. The van der Waals surface area contributed by atoms with Gasteiger partial charge in [-0.05, 0) is 26.0 Å². The molecule has 3 rings (SSSR count). The summed E-state index contributed by atoms with van der Waals surface area (Å²) < 4.78 is 13.0. The third kappa shape index (κ3) is 3.03. The first-order chi connectivity index (χ1) is 10.7. The molecule has 0 spiro atoms. The van der Waals surface area contributed by atoms with Gasteiger partial charge in [-0.2, -0.15) is 0 Å². The van der Waals surface area contributed by atoms with Crippen LogP contribution in [-0.4, -0.2) is 28.3 Å². The van der Waals surface area contributed by atoms with Gasteiger partial charge in [-0.25, -0.2) is 9.97 Å². The number of para-hydroxylation sites is 2. The van der Waals surface area contributed by atoms with Crippen LogP contribution in [0.5, 0.6) is 0 Å². The third-order valence-electron chi connectivity index (χ3n) is 3.54. The summed E-state index contributed by atoms with van der Waals surface area (Å²) in [6, 6.07) is 8.15. The van der Waals surface area contributed by atoms with Gasteiger partial charge < -0.3 is 13.7 Å². The molecule has 0 atom stereocenters. The minimum Gasteiger partial charge on any atom is -0.445 e. The lowest BCUT2D eigenvalue weighted by atomic mass is 10.3. The predicted octanol–water partition coefficient (Wildman–Crippen LogP) is 3.58. The molecule has 0 fully saturated rings. The fraction of sp³-hybridized carbons (Fsp3) is 0.375. The summed E-state index contributed by atoms with van der Waals surface area (Å²) in [5.74, 6) is 2.29. The largest absolute Gasteiger partial charge is 0.445 e. The average Bonchev–Trinajstić information content (AvgIpc) is 3.03. The molecule has 2 aromatic heterocycles. The third-order valence-corrected chi connectivity index (χ3v) is 4.50. The summed E-state index contributed by atoms with van der Waals surface area (Å²) in [6.07, 6.45) is 0. The van der Waals surface area contributed by atoms with E-state index < -0.39 is 0 Å². The fourth-order valence-electron chi connectivity index (χ4n) is 2.29. The van der Waals surface area contributed by atoms with Crippen LogP contribution in [0.15, 0.2) is 33.8 Å². The van der Waals surface area contributed by atoms with E-state index >= 15 is 0 Å². The van der Waals surface area contributed by atoms with Crippen molar-refractivity contribution in [3.05, 3.63) is 41.6 Å². The minimum atomic E-state index is 0.658. The average molecular weight is 317 g/mol. The lowest BCUT2D eigenvalue weighted by Gasteiger charge is -2.07. The van der Waals surface area contributed by atoms with Crippen LogP contribution in [0.3, 0.4) is 0 Å². The Hall–Kier alpha value is -1.79. The summed E-state index contributed by atoms with van der Waals surface area (Å²) in [5, 5.41) is 0.965. The van der Waals surface area contributed by atoms with Gasteiger partial charge in [0.1, 0.15) is 5.76 Å². The van der Waals surface area contributed by atoms with E-state index in [0.717, 1.165) is 40.1 Å². The van der Waals surface area contributed by atoms with Crippen molar-refractivity contribution in [1.29, 1.82) is 0 Å². The number of aromatic nitrogens is 3. The predicted molar refractivity (Wildman–Crippen MR) is 87.1 cm³/mol. The number of aryl methyl sites for hydroxylation is 2. The minimum absolute atomic E-state index is 0.658. The molecule has 0 aliphatic rings. The molecule has 3 aromatic rings. The van der Waals surface area contributed by atoms with E-state index in [9.17, 15) is 0 Å². The highest BCUT2D eigenvalue weighted by Crippen LogP contribution is 2.27. The van der Waals surface area contributed by atoms with Crippen molar-refractivity contribution in [3.63, 3.8) is 0 Å². The number of benzene rings is 1. The maximum atomic E-state index is 5.64. The van der Waals surface area contributed by atoms with Crippen LogP contribution < -0.4 is 0 Å². The Bertz CT molecular complexity index is 759. The van der Waals surface area contributed by atoms with Crippen LogP contribution >= 0.6 is 11.8 Å². The van der Waals surface area contributed by atoms with E-state index in [1.165, 1.54) is 0 Å². The Morgan fingerprint density at radius 2 is 2.05 bits per heavy atom. The number of thioether (sulfide) groups is 1. The smallest absolute Gasteiger partial charge is 0.205 e. The Morgan fingerprint density at radius 1 is 1.23 bits per heavy atom. The van der Waals surface area contributed by atoms with Gasteiger partial charge in [0.05, 0.1) is 29.1 Å². The van der Waals surface area contributed by atoms with Crippen LogP contribution in [0.1, 0.15) is 17.3 Å². The number of nitrogens with zero attached hydrogens (tertiary/aromatic N) is 3. The SMILES string of the molecule is COCCn1c(SCc2nc(C)c(C)o2)nc2ccccc21. The monoisotopic (exact) mass is 317 g/mol. The summed E-state index contributed by atoms with van der Waals surface area (Å²) in [6.45, 7) is 5.33. The molecule has 5 nitrogen and oxygen atoms in total. The lowest BCUT2D eigenvalue weighted by Crippen LogP contribution is -2.05. The van der Waals surface area contributed by atoms with E-state index in [4.69, 9.17) is 14.1 Å². The molecule has 22 heavy (non-hydrogen) atoms. The van der Waals surface area contributed by atoms with Gasteiger partial charge in [-0.3, -0.25) is 0 Å². The van der Waals surface area contributed by atoms with Gasteiger partial charge in [-0.1, -0.05) is 23.9 Å². The second-order valence-corrected chi connectivity index (χ2v) is 6.01. The fourth-order valence-corrected chi connectivity index (χ4v) is 3.17. The first kappa shape index (κ1) is 15.1. The van der Waals surface area contributed by atoms with Gasteiger partial charge in [-0.15, -0.1) is 0 Å². The van der Waals surface area contributed by atoms with Crippen LogP contribution in [-0.2, 0) is 17.0 Å². The van der Waals surface area contributed by atoms with Crippen molar-refractivity contribution in [2.24, 2.45) is 0 Å². The quantitative estimate of drug-likeness (QED) is 0.650. The standard InChI is InChI=1S/C16H19N3O2S/c1-11-12(2)21-15(17-11)10-22-16-18-13-6-4-5-7-14(13)19(16)8-9-20-3/h4-7H,8-10H2,1-3H3. The van der Waals surface area contributed by atoms with Gasteiger partial charge in [0, 0.05) is 13.7 Å². The van der Waals surface area contributed by atoms with Gasteiger partial charge in [0.15, 0.2) is 5.16 Å². The normalized spacial score (nSPS) is 11.4.